The summed E-state index contributed by atoms with van der Waals surface area (Å²) >= 11 is 6.92. The van der Waals surface area contributed by atoms with E-state index in [1.54, 1.807) is 17.4 Å². The lowest BCUT2D eigenvalue weighted by Gasteiger charge is -2.04. The number of aryl methyl sites for hydroxylation is 1. The standard InChI is InChI=1S/C13H11ClN2O2S/c1-8-9(4-5-19-8)6-12(17)16-11-3-2-10(7-15-11)13(14)18/h2-5,7H,6H2,1H3,(H,15,16,17). The molecule has 2 aromatic heterocycles. The maximum atomic E-state index is 11.8. The van der Waals surface area contributed by atoms with Crippen molar-refractivity contribution in [1.29, 1.82) is 0 Å². The number of carbonyl (C=O) groups is 2. The van der Waals surface area contributed by atoms with Crippen molar-refractivity contribution in [3.63, 3.8) is 0 Å². The van der Waals surface area contributed by atoms with E-state index in [0.717, 1.165) is 10.4 Å². The van der Waals surface area contributed by atoms with Gasteiger partial charge in [0, 0.05) is 11.1 Å². The van der Waals surface area contributed by atoms with Gasteiger partial charge in [-0.3, -0.25) is 9.59 Å². The predicted molar refractivity (Wildman–Crippen MR) is 75.8 cm³/mol. The van der Waals surface area contributed by atoms with Gasteiger partial charge in [0.25, 0.3) is 5.24 Å². The molecule has 0 bridgehead atoms. The average Bonchev–Trinajstić information content (AvgIpc) is 2.75. The second-order valence-corrected chi connectivity index (χ2v) is 5.40. The smallest absolute Gasteiger partial charge is 0.253 e. The van der Waals surface area contributed by atoms with E-state index in [4.69, 9.17) is 11.6 Å². The maximum absolute atomic E-state index is 11.8. The fraction of sp³-hybridized carbons (Fsp3) is 0.154. The Bertz CT molecular complexity index is 607. The predicted octanol–water partition coefficient (Wildman–Crippen LogP) is 3.01. The van der Waals surface area contributed by atoms with Crippen molar-refractivity contribution in [1.82, 2.24) is 4.98 Å². The molecule has 0 aliphatic carbocycles. The minimum Gasteiger partial charge on any atom is -0.310 e. The summed E-state index contributed by atoms with van der Waals surface area (Å²) in [6.45, 7) is 1.98. The van der Waals surface area contributed by atoms with Crippen molar-refractivity contribution in [3.8, 4) is 0 Å². The van der Waals surface area contributed by atoms with E-state index in [1.165, 1.54) is 12.3 Å². The third kappa shape index (κ3) is 3.62. The lowest BCUT2D eigenvalue weighted by molar-refractivity contribution is -0.115. The molecule has 0 saturated heterocycles. The Morgan fingerprint density at radius 1 is 1.37 bits per heavy atom. The molecule has 2 aromatic rings. The van der Waals surface area contributed by atoms with E-state index in [-0.39, 0.29) is 5.91 Å². The van der Waals surface area contributed by atoms with Gasteiger partial charge in [0.1, 0.15) is 5.82 Å². The third-order valence-electron chi connectivity index (χ3n) is 2.58. The molecule has 0 unspecified atom stereocenters. The van der Waals surface area contributed by atoms with Crippen LogP contribution < -0.4 is 5.32 Å². The zero-order chi connectivity index (χ0) is 13.8. The number of carbonyl (C=O) groups excluding carboxylic acids is 2. The van der Waals surface area contributed by atoms with Crippen LogP contribution in [0.25, 0.3) is 0 Å². The van der Waals surface area contributed by atoms with E-state index in [9.17, 15) is 9.59 Å². The van der Waals surface area contributed by atoms with Crippen LogP contribution >= 0.6 is 22.9 Å². The van der Waals surface area contributed by atoms with Crippen LogP contribution in [0.4, 0.5) is 5.82 Å². The second-order valence-electron chi connectivity index (χ2n) is 3.93. The number of halogens is 1. The van der Waals surface area contributed by atoms with Crippen LogP contribution in [0.3, 0.4) is 0 Å². The van der Waals surface area contributed by atoms with Gasteiger partial charge in [0.05, 0.1) is 12.0 Å². The first-order valence-electron chi connectivity index (χ1n) is 5.55. The van der Waals surface area contributed by atoms with Crippen LogP contribution in [0, 0.1) is 6.92 Å². The molecule has 0 fully saturated rings. The molecule has 1 N–H and O–H groups in total. The fourth-order valence-electron chi connectivity index (χ4n) is 1.54. The first kappa shape index (κ1) is 13.7. The summed E-state index contributed by atoms with van der Waals surface area (Å²) < 4.78 is 0. The largest absolute Gasteiger partial charge is 0.310 e. The van der Waals surface area contributed by atoms with Crippen molar-refractivity contribution in [3.05, 3.63) is 45.8 Å². The zero-order valence-electron chi connectivity index (χ0n) is 10.1. The molecular weight excluding hydrogens is 284 g/mol. The van der Waals surface area contributed by atoms with Gasteiger partial charge >= 0.3 is 0 Å². The highest BCUT2D eigenvalue weighted by Gasteiger charge is 2.08. The highest BCUT2D eigenvalue weighted by molar-refractivity contribution is 7.10. The molecule has 4 nitrogen and oxygen atoms in total. The van der Waals surface area contributed by atoms with Gasteiger partial charge in [-0.1, -0.05) is 0 Å². The molecule has 0 aliphatic heterocycles. The first-order chi connectivity index (χ1) is 9.06. The minimum atomic E-state index is -0.570. The zero-order valence-corrected chi connectivity index (χ0v) is 11.7. The number of rotatable bonds is 4. The van der Waals surface area contributed by atoms with Crippen LogP contribution in [0.15, 0.2) is 29.8 Å². The highest BCUT2D eigenvalue weighted by Crippen LogP contribution is 2.16. The summed E-state index contributed by atoms with van der Waals surface area (Å²) in [6.07, 6.45) is 1.65. The molecule has 0 radical (unpaired) electrons. The Balaban J connectivity index is 1.99. The van der Waals surface area contributed by atoms with Gasteiger partial charge in [0.15, 0.2) is 0 Å². The normalized spacial score (nSPS) is 10.2. The molecule has 98 valence electrons. The van der Waals surface area contributed by atoms with E-state index in [2.05, 4.69) is 10.3 Å². The Kier molecular flexibility index (Phi) is 4.29. The highest BCUT2D eigenvalue weighted by atomic mass is 35.5. The molecule has 2 heterocycles. The first-order valence-corrected chi connectivity index (χ1v) is 6.80. The van der Waals surface area contributed by atoms with Gasteiger partial charge in [-0.15, -0.1) is 11.3 Å². The monoisotopic (exact) mass is 294 g/mol. The molecule has 0 saturated carbocycles. The van der Waals surface area contributed by atoms with Gasteiger partial charge in [0.2, 0.25) is 5.91 Å². The molecule has 6 heteroatoms. The van der Waals surface area contributed by atoms with Gasteiger partial charge in [-0.05, 0) is 47.7 Å². The number of nitrogens with zero attached hydrogens (tertiary/aromatic N) is 1. The number of anilines is 1. The lowest BCUT2D eigenvalue weighted by Crippen LogP contribution is -2.15. The number of nitrogens with one attached hydrogen (secondary N) is 1. The van der Waals surface area contributed by atoms with Crippen LogP contribution in [-0.2, 0) is 11.2 Å². The second kappa shape index (κ2) is 5.95. The van der Waals surface area contributed by atoms with E-state index in [1.807, 2.05) is 18.4 Å². The number of hydrogen-bond acceptors (Lipinski definition) is 4. The molecule has 1 amide bonds. The number of thiophene rings is 1. The molecule has 19 heavy (non-hydrogen) atoms. The molecule has 0 atom stereocenters. The number of hydrogen-bond donors (Lipinski definition) is 1. The van der Waals surface area contributed by atoms with Gasteiger partial charge < -0.3 is 5.32 Å². The number of amides is 1. The van der Waals surface area contributed by atoms with Crippen molar-refractivity contribution in [2.45, 2.75) is 13.3 Å². The molecule has 0 aromatic carbocycles. The summed E-state index contributed by atoms with van der Waals surface area (Å²) in [4.78, 5) is 27.8. The Labute approximate surface area is 119 Å². The van der Waals surface area contributed by atoms with E-state index >= 15 is 0 Å². The van der Waals surface area contributed by atoms with Crippen LogP contribution in [0.5, 0.6) is 0 Å². The summed E-state index contributed by atoms with van der Waals surface area (Å²) in [5.41, 5.74) is 1.31. The Morgan fingerprint density at radius 3 is 2.68 bits per heavy atom. The average molecular weight is 295 g/mol. The number of aromatic nitrogens is 1. The SMILES string of the molecule is Cc1sccc1CC(=O)Nc1ccc(C(=O)Cl)cn1. The Hall–Kier alpha value is -1.72. The molecule has 2 rings (SSSR count). The van der Waals surface area contributed by atoms with Crippen LogP contribution in [-0.4, -0.2) is 16.1 Å². The summed E-state index contributed by atoms with van der Waals surface area (Å²) in [5.74, 6) is 0.262. The van der Waals surface area contributed by atoms with Crippen LogP contribution in [0.1, 0.15) is 20.8 Å². The molecule has 0 aliphatic rings. The van der Waals surface area contributed by atoms with Crippen LogP contribution in [0.2, 0.25) is 0 Å². The van der Waals surface area contributed by atoms with Gasteiger partial charge in [-0.2, -0.15) is 0 Å². The van der Waals surface area contributed by atoms with E-state index < -0.39 is 5.24 Å². The third-order valence-corrected chi connectivity index (χ3v) is 3.68. The topological polar surface area (TPSA) is 59.1 Å². The minimum absolute atomic E-state index is 0.140. The molecular formula is C13H11ClN2O2S. The van der Waals surface area contributed by atoms with Crippen molar-refractivity contribution in [2.24, 2.45) is 0 Å². The maximum Gasteiger partial charge on any atom is 0.253 e. The van der Waals surface area contributed by atoms with Gasteiger partial charge in [-0.25, -0.2) is 4.98 Å². The quantitative estimate of drug-likeness (QED) is 0.882. The van der Waals surface area contributed by atoms with Crippen molar-refractivity contribution >= 4 is 39.9 Å². The molecule has 0 spiro atoms. The number of pyridine rings is 1. The fourth-order valence-corrected chi connectivity index (χ4v) is 2.38. The Morgan fingerprint density at radius 2 is 2.16 bits per heavy atom. The van der Waals surface area contributed by atoms with E-state index in [0.29, 0.717) is 17.8 Å². The summed E-state index contributed by atoms with van der Waals surface area (Å²) in [7, 11) is 0. The lowest BCUT2D eigenvalue weighted by atomic mass is 10.2. The van der Waals surface area contributed by atoms with Crippen molar-refractivity contribution < 1.29 is 9.59 Å². The summed E-state index contributed by atoms with van der Waals surface area (Å²) in [6, 6.07) is 5.00. The van der Waals surface area contributed by atoms with Crippen molar-refractivity contribution in [2.75, 3.05) is 5.32 Å². The summed E-state index contributed by atoms with van der Waals surface area (Å²) in [5, 5.41) is 4.06.